The van der Waals surface area contributed by atoms with Crippen LogP contribution in [0.3, 0.4) is 0 Å². The second-order valence-corrected chi connectivity index (χ2v) is 7.28. The van der Waals surface area contributed by atoms with E-state index in [1.54, 1.807) is 0 Å². The van der Waals surface area contributed by atoms with E-state index in [0.717, 1.165) is 4.90 Å². The molecule has 0 aromatic carbocycles. The summed E-state index contributed by atoms with van der Waals surface area (Å²) in [6, 6.07) is 0. The van der Waals surface area contributed by atoms with Crippen LogP contribution in [0.4, 0.5) is 12.9 Å². The molecule has 96 valence electrons. The zero-order chi connectivity index (χ0) is 12.4. The SMILES string of the molecule is CCS(=O)(=O)C1CSCCN1C[B-](F)(F)F.[K+]. The molecule has 0 amide bonds. The number of thioether (sulfide) groups is 1. The minimum Gasteiger partial charge on any atom is -0.448 e. The number of halogens is 3. The van der Waals surface area contributed by atoms with Crippen molar-refractivity contribution in [3.63, 3.8) is 0 Å². The van der Waals surface area contributed by atoms with Crippen LogP contribution in [-0.2, 0) is 9.84 Å². The molecule has 0 aromatic heterocycles. The predicted molar refractivity (Wildman–Crippen MR) is 61.2 cm³/mol. The fourth-order valence-corrected chi connectivity index (χ4v) is 4.70. The van der Waals surface area contributed by atoms with Gasteiger partial charge in [-0.2, -0.15) is 11.8 Å². The normalized spacial score (nSPS) is 23.2. The van der Waals surface area contributed by atoms with Crippen LogP contribution in [0.25, 0.3) is 0 Å². The number of nitrogens with zero attached hydrogens (tertiary/aromatic N) is 1. The molecule has 17 heavy (non-hydrogen) atoms. The Kier molecular flexibility index (Phi) is 8.29. The first-order valence-corrected chi connectivity index (χ1v) is 7.87. The van der Waals surface area contributed by atoms with Crippen molar-refractivity contribution >= 4 is 28.6 Å². The van der Waals surface area contributed by atoms with E-state index in [0.29, 0.717) is 5.75 Å². The number of hydrogen-bond donors (Lipinski definition) is 0. The average Bonchev–Trinajstić information content (AvgIpc) is 2.16. The number of rotatable bonds is 4. The van der Waals surface area contributed by atoms with Crippen LogP contribution in [0, 0.1) is 0 Å². The minimum absolute atomic E-state index is 0. The predicted octanol–water partition coefficient (Wildman–Crippen LogP) is -1.81. The third-order valence-corrected chi connectivity index (χ3v) is 5.78. The fraction of sp³-hybridized carbons (Fsp3) is 1.00. The van der Waals surface area contributed by atoms with Gasteiger partial charge in [-0.25, -0.2) is 8.42 Å². The van der Waals surface area contributed by atoms with Crippen molar-refractivity contribution in [2.45, 2.75) is 12.3 Å². The van der Waals surface area contributed by atoms with E-state index < -0.39 is 28.6 Å². The van der Waals surface area contributed by atoms with Gasteiger partial charge in [0.2, 0.25) is 0 Å². The number of hydrogen-bond acceptors (Lipinski definition) is 4. The van der Waals surface area contributed by atoms with Crippen molar-refractivity contribution in [2.24, 2.45) is 0 Å². The van der Waals surface area contributed by atoms with E-state index in [4.69, 9.17) is 0 Å². The smallest absolute Gasteiger partial charge is 0.448 e. The van der Waals surface area contributed by atoms with E-state index in [-0.39, 0.29) is 69.4 Å². The third-order valence-electron chi connectivity index (χ3n) is 2.45. The Balaban J connectivity index is 0.00000256. The van der Waals surface area contributed by atoms with Crippen LogP contribution in [-0.4, -0.2) is 55.9 Å². The zero-order valence-electron chi connectivity index (χ0n) is 9.90. The summed E-state index contributed by atoms with van der Waals surface area (Å²) in [7, 11) is -3.43. The van der Waals surface area contributed by atoms with E-state index in [1.165, 1.54) is 18.7 Å². The maximum Gasteiger partial charge on any atom is 1.00 e. The zero-order valence-corrected chi connectivity index (χ0v) is 14.7. The van der Waals surface area contributed by atoms with Gasteiger partial charge in [-0.1, -0.05) is 6.92 Å². The van der Waals surface area contributed by atoms with Crippen molar-refractivity contribution in [3.8, 4) is 0 Å². The standard InChI is InChI=1S/C7H14BF3NO2S2.K/c1-2-16(13,14)7-5-15-4-3-12(7)6-8(9,10)11;/h7H,2-6H2,1H3;/q-1;+1. The molecule has 0 aromatic rings. The molecule has 0 aliphatic carbocycles. The summed E-state index contributed by atoms with van der Waals surface area (Å²) >= 11 is 1.39. The van der Waals surface area contributed by atoms with Gasteiger partial charge in [-0.3, -0.25) is 0 Å². The molecule has 0 radical (unpaired) electrons. The Labute approximate surface area is 147 Å². The van der Waals surface area contributed by atoms with Crippen molar-refractivity contribution < 1.29 is 72.7 Å². The first-order valence-electron chi connectivity index (χ1n) is 5.00. The van der Waals surface area contributed by atoms with Crippen LogP contribution in [0.5, 0.6) is 0 Å². The summed E-state index contributed by atoms with van der Waals surface area (Å²) in [6.07, 6.45) is -1.08. The summed E-state index contributed by atoms with van der Waals surface area (Å²) in [5.74, 6) is 0.684. The molecule has 1 aliphatic rings. The largest absolute Gasteiger partial charge is 1.00 e. The van der Waals surface area contributed by atoms with E-state index in [1.807, 2.05) is 0 Å². The van der Waals surface area contributed by atoms with Gasteiger partial charge in [0, 0.05) is 23.8 Å². The summed E-state index contributed by atoms with van der Waals surface area (Å²) in [5.41, 5.74) is 0. The molecule has 1 unspecified atom stereocenters. The van der Waals surface area contributed by atoms with Gasteiger partial charge in [-0.15, -0.1) is 0 Å². The van der Waals surface area contributed by atoms with Crippen LogP contribution < -0.4 is 51.4 Å². The van der Waals surface area contributed by atoms with Gasteiger partial charge in [0.05, 0.1) is 0 Å². The fourth-order valence-electron chi connectivity index (χ4n) is 1.61. The molecule has 3 nitrogen and oxygen atoms in total. The van der Waals surface area contributed by atoms with Gasteiger partial charge in [0.15, 0.2) is 9.84 Å². The van der Waals surface area contributed by atoms with Gasteiger partial charge < -0.3 is 17.8 Å². The maximum atomic E-state index is 12.3. The van der Waals surface area contributed by atoms with E-state index in [9.17, 15) is 21.4 Å². The molecule has 0 spiro atoms. The van der Waals surface area contributed by atoms with Crippen LogP contribution in [0.2, 0.25) is 0 Å². The van der Waals surface area contributed by atoms with E-state index in [2.05, 4.69) is 0 Å². The Hall–Kier alpha value is 1.75. The Morgan fingerprint density at radius 1 is 1.41 bits per heavy atom. The average molecular weight is 315 g/mol. The summed E-state index contributed by atoms with van der Waals surface area (Å²) < 4.78 is 60.2. The van der Waals surface area contributed by atoms with Crippen molar-refractivity contribution in [1.82, 2.24) is 4.90 Å². The molecule has 1 heterocycles. The van der Waals surface area contributed by atoms with Crippen LogP contribution in [0.1, 0.15) is 6.92 Å². The molecule has 1 rings (SSSR count). The molecule has 0 saturated carbocycles. The van der Waals surface area contributed by atoms with Crippen LogP contribution >= 0.6 is 11.8 Å². The molecule has 1 atom stereocenters. The summed E-state index contributed by atoms with van der Waals surface area (Å²) in [6.45, 7) is -3.31. The summed E-state index contributed by atoms with van der Waals surface area (Å²) in [4.78, 5) is 1.05. The molecule has 1 aliphatic heterocycles. The first kappa shape index (κ1) is 18.8. The molecule has 1 saturated heterocycles. The van der Waals surface area contributed by atoms with Gasteiger partial charge in [-0.05, 0) is 6.44 Å². The van der Waals surface area contributed by atoms with Crippen molar-refractivity contribution in [3.05, 3.63) is 0 Å². The minimum atomic E-state index is -4.97. The third kappa shape index (κ3) is 6.15. The maximum absolute atomic E-state index is 12.3. The molecule has 1 fully saturated rings. The molecule has 10 heteroatoms. The topological polar surface area (TPSA) is 37.4 Å². The molecular weight excluding hydrogens is 301 g/mol. The van der Waals surface area contributed by atoms with Crippen molar-refractivity contribution in [2.75, 3.05) is 30.2 Å². The van der Waals surface area contributed by atoms with Gasteiger partial charge >= 0.3 is 58.4 Å². The second-order valence-electron chi connectivity index (χ2n) is 3.69. The Bertz CT molecular complexity index is 339. The summed E-state index contributed by atoms with van der Waals surface area (Å²) in [5, 5.41) is -0.972. The van der Waals surface area contributed by atoms with Gasteiger partial charge in [0.1, 0.15) is 5.37 Å². The molecular formula is C7H14BF3KNO2S2. The van der Waals surface area contributed by atoms with Crippen molar-refractivity contribution in [1.29, 1.82) is 0 Å². The van der Waals surface area contributed by atoms with E-state index >= 15 is 0 Å². The quantitative estimate of drug-likeness (QED) is 0.573. The Morgan fingerprint density at radius 3 is 2.47 bits per heavy atom. The van der Waals surface area contributed by atoms with Crippen LogP contribution in [0.15, 0.2) is 0 Å². The monoisotopic (exact) mass is 315 g/mol. The second kappa shape index (κ2) is 7.51. The Morgan fingerprint density at radius 2 is 2.00 bits per heavy atom. The number of sulfone groups is 1. The molecule has 0 bridgehead atoms. The molecule has 0 N–H and O–H groups in total. The van der Waals surface area contributed by atoms with Gasteiger partial charge in [0.25, 0.3) is 0 Å². The first-order chi connectivity index (χ1) is 7.26.